The maximum atomic E-state index is 14.1. The first-order valence-electron chi connectivity index (χ1n) is 12.3. The maximum absolute atomic E-state index is 14.1. The van der Waals surface area contributed by atoms with Crippen LogP contribution < -0.4 is 25.8 Å². The van der Waals surface area contributed by atoms with Gasteiger partial charge >= 0.3 is 11.9 Å². The highest BCUT2D eigenvalue weighted by Crippen LogP contribution is 2.40. The lowest BCUT2D eigenvalue weighted by atomic mass is 10.1. The number of nitrogen functional groups attached to an aromatic ring is 1. The van der Waals surface area contributed by atoms with E-state index < -0.39 is 23.1 Å². The molecular weight excluding hydrogens is 520 g/mol. The molecule has 1 aromatic heterocycles. The molecule has 0 saturated carbocycles. The first-order chi connectivity index (χ1) is 18.8. The summed E-state index contributed by atoms with van der Waals surface area (Å²) < 4.78 is 22.5. The Morgan fingerprint density at radius 1 is 1.03 bits per heavy atom. The summed E-state index contributed by atoms with van der Waals surface area (Å²) in [7, 11) is 4.33. The number of esters is 2. The number of anilines is 1. The van der Waals surface area contributed by atoms with Crippen molar-refractivity contribution in [2.75, 3.05) is 33.7 Å². The minimum atomic E-state index is -0.875. The van der Waals surface area contributed by atoms with Crippen LogP contribution in [0.3, 0.4) is 0 Å². The molecule has 1 aliphatic rings. The Kier molecular flexibility index (Phi) is 8.65. The van der Waals surface area contributed by atoms with Crippen LogP contribution in [0.2, 0.25) is 0 Å². The minimum Gasteiger partial charge on any atom is -0.497 e. The summed E-state index contributed by atoms with van der Waals surface area (Å²) in [5, 5.41) is -0.366. The number of fused-ring (bicyclic) bond motifs is 1. The third-order valence-corrected chi connectivity index (χ3v) is 7.54. The van der Waals surface area contributed by atoms with E-state index in [2.05, 4.69) is 0 Å². The fourth-order valence-corrected chi connectivity index (χ4v) is 5.49. The van der Waals surface area contributed by atoms with E-state index >= 15 is 0 Å². The molecule has 1 unspecified atom stereocenters. The molecule has 0 bridgehead atoms. The molecule has 9 nitrogen and oxygen atoms in total. The molecule has 0 radical (unpaired) electrons. The number of nitrogens with zero attached hydrogens (tertiary/aromatic N) is 1. The van der Waals surface area contributed by atoms with Gasteiger partial charge < -0.3 is 24.7 Å². The van der Waals surface area contributed by atoms with E-state index in [-0.39, 0.29) is 28.2 Å². The number of carbonyl (C=O) groups is 3. The van der Waals surface area contributed by atoms with Crippen LogP contribution in [-0.4, -0.2) is 50.3 Å². The van der Waals surface area contributed by atoms with Crippen LogP contribution in [0.15, 0.2) is 48.5 Å². The monoisotopic (exact) mass is 550 g/mol. The Bertz CT molecular complexity index is 1540. The van der Waals surface area contributed by atoms with Gasteiger partial charge in [0.15, 0.2) is 5.69 Å². The molecule has 0 amide bonds. The van der Waals surface area contributed by atoms with Crippen molar-refractivity contribution < 1.29 is 33.3 Å². The molecule has 2 heterocycles. The number of nitrogens with two attached hydrogens (primary N) is 1. The molecule has 39 heavy (non-hydrogen) atoms. The summed E-state index contributed by atoms with van der Waals surface area (Å²) in [6.45, 7) is 2.14. The number of benzene rings is 2. The number of ether oxygens (including phenoxy) is 4. The Labute approximate surface area is 230 Å². The molecule has 0 spiro atoms. The third kappa shape index (κ3) is 5.51. The minimum absolute atomic E-state index is 0.0240. The maximum Gasteiger partial charge on any atom is 0.357 e. The lowest BCUT2D eigenvalue weighted by Crippen LogP contribution is -2.42. The van der Waals surface area contributed by atoms with Gasteiger partial charge in [0.1, 0.15) is 21.7 Å². The van der Waals surface area contributed by atoms with Crippen molar-refractivity contribution >= 4 is 46.3 Å². The van der Waals surface area contributed by atoms with E-state index in [0.717, 1.165) is 18.2 Å². The predicted octanol–water partition coefficient (Wildman–Crippen LogP) is 3.28. The number of methoxy groups -OCH3 is 3. The Morgan fingerprint density at radius 3 is 2.38 bits per heavy atom. The Morgan fingerprint density at radius 2 is 1.72 bits per heavy atom. The van der Waals surface area contributed by atoms with Gasteiger partial charge in [-0.2, -0.15) is 0 Å². The van der Waals surface area contributed by atoms with Gasteiger partial charge in [-0.25, -0.2) is 9.59 Å². The molecule has 10 heteroatoms. The molecule has 204 valence electrons. The summed E-state index contributed by atoms with van der Waals surface area (Å²) >= 11 is 1.04. The molecule has 0 fully saturated rings. The number of thioether (sulfide) groups is 1. The second kappa shape index (κ2) is 12.1. The van der Waals surface area contributed by atoms with Crippen LogP contribution in [0, 0.1) is 0 Å². The second-order valence-electron chi connectivity index (χ2n) is 8.70. The van der Waals surface area contributed by atoms with Crippen molar-refractivity contribution in [3.8, 4) is 11.5 Å². The normalized spacial score (nSPS) is 15.1. The van der Waals surface area contributed by atoms with Crippen molar-refractivity contribution in [3.05, 3.63) is 75.9 Å². The lowest BCUT2D eigenvalue weighted by molar-refractivity contribution is -0.133. The molecule has 3 aromatic rings. The third-order valence-electron chi connectivity index (χ3n) is 6.24. The van der Waals surface area contributed by atoms with Crippen LogP contribution in [0.25, 0.3) is 11.0 Å². The van der Waals surface area contributed by atoms with E-state index in [1.54, 1.807) is 55.7 Å². The molecule has 1 aliphatic heterocycles. The van der Waals surface area contributed by atoms with E-state index in [1.165, 1.54) is 18.8 Å². The van der Waals surface area contributed by atoms with E-state index in [4.69, 9.17) is 24.7 Å². The number of hydrogen-bond acceptors (Lipinski definition) is 9. The lowest BCUT2D eigenvalue weighted by Gasteiger charge is -2.23. The quantitative estimate of drug-likeness (QED) is 0.316. The van der Waals surface area contributed by atoms with Gasteiger partial charge in [0.2, 0.25) is 5.91 Å². The fraction of sp³-hybridized carbons (Fsp3) is 0.276. The van der Waals surface area contributed by atoms with Crippen LogP contribution >= 0.6 is 11.8 Å². The molecule has 4 rings (SSSR count). The van der Waals surface area contributed by atoms with Crippen molar-refractivity contribution in [1.29, 1.82) is 0 Å². The number of carbonyl (C=O) groups excluding carboxylic acids is 3. The summed E-state index contributed by atoms with van der Waals surface area (Å²) in [4.78, 5) is 40.7. The van der Waals surface area contributed by atoms with Gasteiger partial charge in [-0.3, -0.25) is 9.36 Å². The van der Waals surface area contributed by atoms with Gasteiger partial charge in [0.25, 0.3) is 0 Å². The largest absolute Gasteiger partial charge is 0.497 e. The molecule has 1 atom stereocenters. The summed E-state index contributed by atoms with van der Waals surface area (Å²) in [5.74, 6) is -0.707. The van der Waals surface area contributed by atoms with Crippen molar-refractivity contribution in [3.63, 3.8) is 0 Å². The zero-order valence-electron chi connectivity index (χ0n) is 22.2. The van der Waals surface area contributed by atoms with E-state index in [1.807, 2.05) is 13.0 Å². The number of rotatable bonds is 9. The molecular formula is C29H30N2O7S. The van der Waals surface area contributed by atoms with Crippen molar-refractivity contribution in [1.82, 2.24) is 4.57 Å². The highest BCUT2D eigenvalue weighted by molar-refractivity contribution is 8.10. The Hall–Kier alpha value is -4.18. The molecule has 2 aromatic carbocycles. The molecule has 2 N–H and O–H groups in total. The van der Waals surface area contributed by atoms with Gasteiger partial charge in [-0.05, 0) is 47.9 Å². The number of unbranched alkanes of at least 4 members (excludes halogenated alkanes) is 1. The topological polar surface area (TPSA) is 119 Å². The molecule has 0 saturated heterocycles. The van der Waals surface area contributed by atoms with Crippen molar-refractivity contribution in [2.24, 2.45) is 0 Å². The van der Waals surface area contributed by atoms with Gasteiger partial charge in [-0.15, -0.1) is 0 Å². The first-order valence-corrected chi connectivity index (χ1v) is 13.2. The SMILES string of the molecule is CCCCOC(=O)c1c(N)/c(=C\c2cccc(OC)c2)c2n1C(=O)C(c1cccc(OC)c1)SC=2C(=O)OC. The number of hydrogen-bond donors (Lipinski definition) is 1. The standard InChI is InChI=1S/C29H30N2O7S/c1-5-6-13-38-28(33)24-22(30)21(15-17-9-7-11-19(14-17)35-2)23-26(29(34)37-4)39-25(27(32)31(23)24)18-10-8-12-20(16-18)36-3/h7-12,14-16,25H,5-6,13,30H2,1-4H3/b21-15+. The second-order valence-corrected chi connectivity index (χ2v) is 9.82. The highest BCUT2D eigenvalue weighted by Gasteiger charge is 2.38. The fourth-order valence-electron chi connectivity index (χ4n) is 4.27. The summed E-state index contributed by atoms with van der Waals surface area (Å²) in [6.07, 6.45) is 3.17. The predicted molar refractivity (Wildman–Crippen MR) is 149 cm³/mol. The van der Waals surface area contributed by atoms with Gasteiger partial charge in [0.05, 0.1) is 39.0 Å². The van der Waals surface area contributed by atoms with E-state index in [9.17, 15) is 14.4 Å². The zero-order chi connectivity index (χ0) is 28.1. The van der Waals surface area contributed by atoms with Gasteiger partial charge in [-0.1, -0.05) is 49.4 Å². The Balaban J connectivity index is 2.04. The van der Waals surface area contributed by atoms with Crippen molar-refractivity contribution in [2.45, 2.75) is 25.0 Å². The smallest absolute Gasteiger partial charge is 0.357 e. The zero-order valence-corrected chi connectivity index (χ0v) is 23.0. The molecule has 0 aliphatic carbocycles. The van der Waals surface area contributed by atoms with Gasteiger partial charge in [0, 0.05) is 5.22 Å². The first kappa shape index (κ1) is 27.8. The van der Waals surface area contributed by atoms with Crippen LogP contribution in [-0.2, 0) is 14.3 Å². The highest BCUT2D eigenvalue weighted by atomic mass is 32.2. The average molecular weight is 551 g/mol. The summed E-state index contributed by atoms with van der Waals surface area (Å²) in [6, 6.07) is 14.2. The number of aromatic nitrogens is 1. The van der Waals surface area contributed by atoms with E-state index in [0.29, 0.717) is 34.3 Å². The van der Waals surface area contributed by atoms with Crippen LogP contribution in [0.5, 0.6) is 11.5 Å². The average Bonchev–Trinajstić information content (AvgIpc) is 3.25. The van der Waals surface area contributed by atoms with Crippen LogP contribution in [0.4, 0.5) is 5.69 Å². The van der Waals surface area contributed by atoms with Crippen LogP contribution in [0.1, 0.15) is 51.4 Å². The summed E-state index contributed by atoms with van der Waals surface area (Å²) in [5.41, 5.74) is 7.75.